The van der Waals surface area contributed by atoms with Gasteiger partial charge in [-0.1, -0.05) is 0 Å². The molecule has 1 aromatic rings. The molecule has 144 valence electrons. The topological polar surface area (TPSA) is 76.1 Å². The predicted octanol–water partition coefficient (Wildman–Crippen LogP) is 2.81. The molecule has 1 fully saturated rings. The van der Waals surface area contributed by atoms with Crippen LogP contribution in [-0.2, 0) is 20.7 Å². The number of nitrogens with zero attached hydrogens (tertiary/aromatic N) is 1. The van der Waals surface area contributed by atoms with Gasteiger partial charge < -0.3 is 19.5 Å². The van der Waals surface area contributed by atoms with Crippen LogP contribution in [0, 0.1) is 20.8 Å². The minimum atomic E-state index is -0.780. The lowest BCUT2D eigenvalue weighted by Gasteiger charge is -2.38. The molecule has 0 aromatic heterocycles. The highest BCUT2D eigenvalue weighted by Gasteiger charge is 2.43. The van der Waals surface area contributed by atoms with Gasteiger partial charge in [0.05, 0.1) is 7.11 Å². The average molecular weight is 363 g/mol. The lowest BCUT2D eigenvalue weighted by Crippen LogP contribution is -2.52. The summed E-state index contributed by atoms with van der Waals surface area (Å²) in [4.78, 5) is 23.7. The first-order valence-electron chi connectivity index (χ1n) is 9.03. The normalized spacial score (nSPS) is 21.2. The van der Waals surface area contributed by atoms with Crippen LogP contribution in [0.15, 0.2) is 0 Å². The summed E-state index contributed by atoms with van der Waals surface area (Å²) in [5, 5.41) is 10.2. The highest BCUT2D eigenvalue weighted by atomic mass is 16.5. The number of phenolic OH excluding ortho intramolecular Hbond substituents is 1. The zero-order chi connectivity index (χ0) is 19.5. The van der Waals surface area contributed by atoms with Crippen molar-refractivity contribution in [2.75, 3.05) is 20.2 Å². The summed E-state index contributed by atoms with van der Waals surface area (Å²) in [7, 11) is 1.31. The van der Waals surface area contributed by atoms with Crippen molar-refractivity contribution in [1.82, 2.24) is 4.90 Å². The van der Waals surface area contributed by atoms with Crippen molar-refractivity contribution in [2.24, 2.45) is 0 Å². The second-order valence-electron chi connectivity index (χ2n) is 7.20. The molecule has 1 aromatic carbocycles. The summed E-state index contributed by atoms with van der Waals surface area (Å²) in [6.45, 7) is 9.76. The summed E-state index contributed by atoms with van der Waals surface area (Å²) in [5.74, 6) is 1.27. The van der Waals surface area contributed by atoms with Crippen LogP contribution >= 0.6 is 0 Å². The molecule has 1 amide bonds. The van der Waals surface area contributed by atoms with Crippen molar-refractivity contribution in [3.63, 3.8) is 0 Å². The molecular formula is C20H29NO5. The van der Waals surface area contributed by atoms with Crippen LogP contribution in [0.4, 0.5) is 0 Å². The van der Waals surface area contributed by atoms with Crippen molar-refractivity contribution >= 4 is 12.4 Å². The van der Waals surface area contributed by atoms with E-state index in [0.717, 1.165) is 60.4 Å². The van der Waals surface area contributed by atoms with Gasteiger partial charge in [-0.3, -0.25) is 9.59 Å². The molecule has 0 saturated carbocycles. The number of phenols is 1. The number of carbonyl (C=O) groups is 2. The average Bonchev–Trinajstić information content (AvgIpc) is 3.18. The number of carbonyl (C=O) groups excluding carboxylic acids is 2. The van der Waals surface area contributed by atoms with Crippen LogP contribution in [0.5, 0.6) is 11.5 Å². The van der Waals surface area contributed by atoms with E-state index < -0.39 is 5.60 Å². The van der Waals surface area contributed by atoms with Crippen molar-refractivity contribution in [2.45, 2.75) is 59.0 Å². The lowest BCUT2D eigenvalue weighted by atomic mass is 9.86. The van der Waals surface area contributed by atoms with Gasteiger partial charge in [-0.15, -0.1) is 0 Å². The van der Waals surface area contributed by atoms with E-state index in [9.17, 15) is 9.90 Å². The van der Waals surface area contributed by atoms with E-state index in [1.807, 2.05) is 32.6 Å². The standard InChI is InChI=1S/C18H25NO3.C2H4O2/c1-11-12(2)16-14(13(3)15(11)20)7-8-18(4,22-16)17(21)19-9-5-6-10-19;1-4-2-3/h20H,5-10H2,1-4H3;2H,1H3. The molecule has 26 heavy (non-hydrogen) atoms. The minimum Gasteiger partial charge on any atom is -0.507 e. The number of benzene rings is 1. The van der Waals surface area contributed by atoms with Crippen LogP contribution in [0.1, 0.15) is 48.4 Å². The molecule has 0 spiro atoms. The number of hydrogen-bond donors (Lipinski definition) is 1. The molecule has 1 N–H and O–H groups in total. The third kappa shape index (κ3) is 3.64. The number of fused-ring (bicyclic) bond motifs is 1. The van der Waals surface area contributed by atoms with Gasteiger partial charge in [-0.25, -0.2) is 0 Å². The zero-order valence-electron chi connectivity index (χ0n) is 16.3. The maximum absolute atomic E-state index is 12.8. The van der Waals surface area contributed by atoms with E-state index in [2.05, 4.69) is 4.74 Å². The summed E-state index contributed by atoms with van der Waals surface area (Å²) in [6.07, 6.45) is 3.61. The number of amides is 1. The van der Waals surface area contributed by atoms with E-state index >= 15 is 0 Å². The first-order chi connectivity index (χ1) is 12.3. The second kappa shape index (κ2) is 7.98. The largest absolute Gasteiger partial charge is 0.507 e. The van der Waals surface area contributed by atoms with Crippen LogP contribution in [0.2, 0.25) is 0 Å². The molecule has 2 heterocycles. The Morgan fingerprint density at radius 1 is 1.19 bits per heavy atom. The number of rotatable bonds is 2. The molecule has 2 aliphatic heterocycles. The third-order valence-corrected chi connectivity index (χ3v) is 5.46. The fourth-order valence-electron chi connectivity index (χ4n) is 3.65. The van der Waals surface area contributed by atoms with Gasteiger partial charge in [0, 0.05) is 25.1 Å². The Morgan fingerprint density at radius 3 is 2.31 bits per heavy atom. The fraction of sp³-hybridized carbons (Fsp3) is 0.600. The van der Waals surface area contributed by atoms with E-state index in [1.54, 1.807) is 0 Å². The minimum absolute atomic E-state index is 0.110. The Hall–Kier alpha value is -2.24. The Balaban J connectivity index is 0.000000552. The van der Waals surface area contributed by atoms with Gasteiger partial charge >= 0.3 is 0 Å². The summed E-state index contributed by atoms with van der Waals surface area (Å²) in [6, 6.07) is 0. The maximum Gasteiger partial charge on any atom is 0.292 e. The molecule has 3 rings (SSSR count). The molecule has 1 saturated heterocycles. The smallest absolute Gasteiger partial charge is 0.292 e. The van der Waals surface area contributed by atoms with Gasteiger partial charge in [-0.2, -0.15) is 0 Å². The van der Waals surface area contributed by atoms with Crippen LogP contribution in [0.25, 0.3) is 0 Å². The number of methoxy groups -OCH3 is 1. The SMILES string of the molecule is COC=O.Cc1c(C)c2c(c(C)c1O)CCC(C)(C(=O)N1CCCC1)O2. The Labute approximate surface area is 155 Å². The second-order valence-corrected chi connectivity index (χ2v) is 7.20. The number of aromatic hydroxyl groups is 1. The zero-order valence-corrected chi connectivity index (χ0v) is 16.3. The quantitative estimate of drug-likeness (QED) is 0.818. The van der Waals surface area contributed by atoms with E-state index in [4.69, 9.17) is 9.53 Å². The van der Waals surface area contributed by atoms with E-state index in [1.165, 1.54) is 7.11 Å². The monoisotopic (exact) mass is 363 g/mol. The third-order valence-electron chi connectivity index (χ3n) is 5.46. The summed E-state index contributed by atoms with van der Waals surface area (Å²) < 4.78 is 10.1. The number of hydrogen-bond acceptors (Lipinski definition) is 5. The highest BCUT2D eigenvalue weighted by molar-refractivity contribution is 5.86. The van der Waals surface area contributed by atoms with Gasteiger partial charge in [0.1, 0.15) is 11.5 Å². The molecule has 6 nitrogen and oxygen atoms in total. The fourth-order valence-corrected chi connectivity index (χ4v) is 3.65. The molecule has 1 atom stereocenters. The van der Waals surface area contributed by atoms with Crippen molar-refractivity contribution < 1.29 is 24.2 Å². The number of ether oxygens (including phenoxy) is 2. The van der Waals surface area contributed by atoms with Crippen molar-refractivity contribution in [3.8, 4) is 11.5 Å². The van der Waals surface area contributed by atoms with Crippen LogP contribution in [0.3, 0.4) is 0 Å². The molecule has 0 radical (unpaired) electrons. The van der Waals surface area contributed by atoms with Crippen molar-refractivity contribution in [3.05, 3.63) is 22.3 Å². The highest BCUT2D eigenvalue weighted by Crippen LogP contribution is 2.43. The van der Waals surface area contributed by atoms with Gasteiger partial charge in [0.15, 0.2) is 5.60 Å². The first kappa shape index (κ1) is 20.1. The number of likely N-dealkylation sites (tertiary alicyclic amines) is 1. The molecule has 0 bridgehead atoms. The van der Waals surface area contributed by atoms with Gasteiger partial charge in [-0.05, 0) is 63.6 Å². The van der Waals surface area contributed by atoms with Crippen molar-refractivity contribution in [1.29, 1.82) is 0 Å². The Morgan fingerprint density at radius 2 is 1.77 bits per heavy atom. The van der Waals surface area contributed by atoms with Gasteiger partial charge in [0.2, 0.25) is 0 Å². The summed E-state index contributed by atoms with van der Waals surface area (Å²) >= 11 is 0. The molecule has 6 heteroatoms. The van der Waals surface area contributed by atoms with Gasteiger partial charge in [0.25, 0.3) is 12.4 Å². The van der Waals surface area contributed by atoms with Crippen LogP contribution < -0.4 is 4.74 Å². The molecule has 2 aliphatic rings. The lowest BCUT2D eigenvalue weighted by molar-refractivity contribution is -0.147. The first-order valence-corrected chi connectivity index (χ1v) is 9.03. The molecule has 1 unspecified atom stereocenters. The van der Waals surface area contributed by atoms with E-state index in [-0.39, 0.29) is 5.91 Å². The van der Waals surface area contributed by atoms with Crippen LogP contribution in [-0.4, -0.2) is 48.2 Å². The molecular weight excluding hydrogens is 334 g/mol. The van der Waals surface area contributed by atoms with E-state index in [0.29, 0.717) is 18.6 Å². The summed E-state index contributed by atoms with van der Waals surface area (Å²) in [5.41, 5.74) is 2.94. The maximum atomic E-state index is 12.8. The predicted molar refractivity (Wildman–Crippen MR) is 98.6 cm³/mol. The molecule has 0 aliphatic carbocycles. The Kier molecular flexibility index (Phi) is 6.16. The Bertz CT molecular complexity index is 694.